The molecule has 0 aromatic rings. The van der Waals surface area contributed by atoms with Crippen molar-refractivity contribution in [1.29, 1.82) is 0 Å². The minimum absolute atomic E-state index is 0.0240. The van der Waals surface area contributed by atoms with Crippen molar-refractivity contribution in [2.24, 2.45) is 9.98 Å². The van der Waals surface area contributed by atoms with Crippen LogP contribution in [-0.2, 0) is 0 Å². The average Bonchev–Trinajstić information content (AvgIpc) is 2.74. The molecule has 26 heavy (non-hydrogen) atoms. The van der Waals surface area contributed by atoms with Crippen molar-refractivity contribution in [2.75, 3.05) is 14.1 Å². The Morgan fingerprint density at radius 3 is 1.35 bits per heavy atom. The normalized spacial score (nSPS) is 27.1. The van der Waals surface area contributed by atoms with Crippen LogP contribution in [0.25, 0.3) is 0 Å². The standard InChI is InChI=1S/C20H38N4S2/c1-12-13-14(25-15-17(2,3)23(10)19(6,7)21-15)26-16-18(4,5)24(11)20(8,9)22-16/h14H,12-13H2,1-11H3. The Kier molecular flexibility index (Phi) is 6.07. The number of hydrogen-bond acceptors (Lipinski definition) is 6. The van der Waals surface area contributed by atoms with Crippen LogP contribution in [0.5, 0.6) is 0 Å². The first-order chi connectivity index (χ1) is 11.7. The van der Waals surface area contributed by atoms with Gasteiger partial charge in [-0.3, -0.25) is 19.8 Å². The molecular formula is C20H38N4S2. The summed E-state index contributed by atoms with van der Waals surface area (Å²) in [5.74, 6) is 0. The topological polar surface area (TPSA) is 31.2 Å². The van der Waals surface area contributed by atoms with Crippen LogP contribution in [0.3, 0.4) is 0 Å². The van der Waals surface area contributed by atoms with Crippen molar-refractivity contribution in [3.05, 3.63) is 0 Å². The molecule has 150 valence electrons. The molecule has 0 saturated heterocycles. The Morgan fingerprint density at radius 2 is 1.12 bits per heavy atom. The fourth-order valence-electron chi connectivity index (χ4n) is 3.54. The Hall–Kier alpha value is -0.0400. The molecule has 0 spiro atoms. The summed E-state index contributed by atoms with van der Waals surface area (Å²) in [6, 6.07) is 0. The largest absolute Gasteiger partial charge is 0.272 e. The zero-order valence-electron chi connectivity index (χ0n) is 18.6. The quantitative estimate of drug-likeness (QED) is 0.602. The molecule has 0 bridgehead atoms. The minimum Gasteiger partial charge on any atom is -0.272 e. The molecule has 4 nitrogen and oxygen atoms in total. The van der Waals surface area contributed by atoms with Gasteiger partial charge in [-0.1, -0.05) is 36.9 Å². The van der Waals surface area contributed by atoms with E-state index in [0.717, 1.165) is 6.42 Å². The third kappa shape index (κ3) is 3.89. The Bertz CT molecular complexity index is 555. The molecule has 0 aromatic heterocycles. The van der Waals surface area contributed by atoms with Gasteiger partial charge in [-0.2, -0.15) is 0 Å². The Morgan fingerprint density at radius 1 is 0.769 bits per heavy atom. The molecule has 0 aromatic carbocycles. The van der Waals surface area contributed by atoms with Crippen LogP contribution in [0, 0.1) is 0 Å². The van der Waals surface area contributed by atoms with Gasteiger partial charge in [0.2, 0.25) is 0 Å². The van der Waals surface area contributed by atoms with E-state index in [0.29, 0.717) is 4.58 Å². The first-order valence-corrected chi connectivity index (χ1v) is 11.4. The third-order valence-corrected chi connectivity index (χ3v) is 9.33. The van der Waals surface area contributed by atoms with E-state index in [2.05, 4.69) is 86.2 Å². The Labute approximate surface area is 169 Å². The lowest BCUT2D eigenvalue weighted by Gasteiger charge is -2.37. The number of thioether (sulfide) groups is 2. The summed E-state index contributed by atoms with van der Waals surface area (Å²) in [6.07, 6.45) is 2.33. The first kappa shape index (κ1) is 22.3. The van der Waals surface area contributed by atoms with Crippen LogP contribution in [-0.4, -0.2) is 61.0 Å². The highest BCUT2D eigenvalue weighted by Gasteiger charge is 2.48. The van der Waals surface area contributed by atoms with Gasteiger partial charge in [0.05, 0.1) is 25.7 Å². The zero-order valence-corrected chi connectivity index (χ0v) is 20.2. The lowest BCUT2D eigenvalue weighted by Crippen LogP contribution is -2.49. The number of rotatable bonds is 4. The van der Waals surface area contributed by atoms with Gasteiger partial charge in [0.1, 0.15) is 11.3 Å². The lowest BCUT2D eigenvalue weighted by atomic mass is 10.0. The molecule has 0 N–H and O–H groups in total. The first-order valence-electron chi connectivity index (χ1n) is 9.68. The van der Waals surface area contributed by atoms with Crippen molar-refractivity contribution in [2.45, 2.75) is 102 Å². The number of aliphatic imine (C=N–C) groups is 2. The van der Waals surface area contributed by atoms with Crippen molar-refractivity contribution in [3.63, 3.8) is 0 Å². The highest BCUT2D eigenvalue weighted by molar-refractivity contribution is 8.30. The van der Waals surface area contributed by atoms with Crippen molar-refractivity contribution in [1.82, 2.24) is 9.80 Å². The van der Waals surface area contributed by atoms with Gasteiger partial charge in [0.15, 0.2) is 0 Å². The summed E-state index contributed by atoms with van der Waals surface area (Å²) in [4.78, 5) is 14.9. The maximum atomic E-state index is 5.07. The van der Waals surface area contributed by atoms with E-state index in [1.165, 1.54) is 16.5 Å². The monoisotopic (exact) mass is 398 g/mol. The molecule has 0 saturated carbocycles. The number of hydrogen-bond donors (Lipinski definition) is 0. The zero-order chi connectivity index (χ0) is 20.1. The van der Waals surface area contributed by atoms with Crippen LogP contribution in [0.4, 0.5) is 0 Å². The van der Waals surface area contributed by atoms with E-state index < -0.39 is 0 Å². The van der Waals surface area contributed by atoms with Gasteiger partial charge in [0, 0.05) is 0 Å². The van der Waals surface area contributed by atoms with Gasteiger partial charge in [-0.15, -0.1) is 0 Å². The van der Waals surface area contributed by atoms with Gasteiger partial charge < -0.3 is 0 Å². The van der Waals surface area contributed by atoms with Crippen molar-refractivity contribution in [3.8, 4) is 0 Å². The molecule has 0 radical (unpaired) electrons. The van der Waals surface area contributed by atoms with Crippen LogP contribution >= 0.6 is 23.5 Å². The minimum atomic E-state index is -0.139. The van der Waals surface area contributed by atoms with E-state index >= 15 is 0 Å². The Balaban J connectivity index is 2.24. The van der Waals surface area contributed by atoms with Crippen LogP contribution < -0.4 is 0 Å². The summed E-state index contributed by atoms with van der Waals surface area (Å²) in [7, 11) is 4.36. The van der Waals surface area contributed by atoms with Crippen molar-refractivity contribution < 1.29 is 0 Å². The highest BCUT2D eigenvalue weighted by atomic mass is 32.2. The SMILES string of the molecule is CCCC(SC1=NC(C)(C)N(C)C1(C)C)SC1=NC(C)(C)N(C)C1(C)C. The van der Waals surface area contributed by atoms with Crippen LogP contribution in [0.2, 0.25) is 0 Å². The summed E-state index contributed by atoms with van der Waals surface area (Å²) >= 11 is 3.90. The summed E-state index contributed by atoms with van der Waals surface area (Å²) < 4.78 is 0.445. The fourth-order valence-corrected chi connectivity index (χ4v) is 6.89. The molecular weight excluding hydrogens is 360 g/mol. The molecule has 2 heterocycles. The van der Waals surface area contributed by atoms with Gasteiger partial charge >= 0.3 is 0 Å². The van der Waals surface area contributed by atoms with E-state index in [1.54, 1.807) is 0 Å². The molecule has 2 rings (SSSR count). The molecule has 0 atom stereocenters. The van der Waals surface area contributed by atoms with E-state index in [9.17, 15) is 0 Å². The van der Waals surface area contributed by atoms with Gasteiger partial charge in [-0.25, -0.2) is 0 Å². The van der Waals surface area contributed by atoms with Crippen LogP contribution in [0.1, 0.15) is 75.2 Å². The maximum Gasteiger partial charge on any atom is 0.109 e. The lowest BCUT2D eigenvalue weighted by molar-refractivity contribution is 0.121. The predicted octanol–water partition coefficient (Wildman–Crippen LogP) is 5.30. The predicted molar refractivity (Wildman–Crippen MR) is 121 cm³/mol. The summed E-state index contributed by atoms with van der Waals surface area (Å²) in [5.41, 5.74) is -0.327. The molecule has 0 aliphatic carbocycles. The average molecular weight is 399 g/mol. The third-order valence-electron chi connectivity index (χ3n) is 6.13. The van der Waals surface area contributed by atoms with Crippen molar-refractivity contribution >= 4 is 33.6 Å². The second-order valence-electron chi connectivity index (χ2n) is 9.51. The second-order valence-corrected chi connectivity index (χ2v) is 12.2. The van der Waals surface area contributed by atoms with E-state index in [1.807, 2.05) is 23.5 Å². The van der Waals surface area contributed by atoms with E-state index in [4.69, 9.17) is 9.98 Å². The van der Waals surface area contributed by atoms with Gasteiger partial charge in [-0.05, 0) is 75.9 Å². The molecule has 2 aliphatic rings. The molecule has 0 unspecified atom stereocenters. The van der Waals surface area contributed by atoms with E-state index in [-0.39, 0.29) is 22.4 Å². The highest BCUT2D eigenvalue weighted by Crippen LogP contribution is 2.45. The molecule has 6 heteroatoms. The smallest absolute Gasteiger partial charge is 0.109 e. The summed E-state index contributed by atoms with van der Waals surface area (Å²) in [6.45, 7) is 20.2. The van der Waals surface area contributed by atoms with Gasteiger partial charge in [0.25, 0.3) is 0 Å². The fraction of sp³-hybridized carbons (Fsp3) is 0.900. The molecule has 2 aliphatic heterocycles. The maximum absolute atomic E-state index is 5.07. The number of nitrogens with zero attached hydrogens (tertiary/aromatic N) is 4. The second kappa shape index (κ2) is 7.09. The molecule has 0 amide bonds. The van der Waals surface area contributed by atoms with Crippen LogP contribution in [0.15, 0.2) is 9.98 Å². The summed E-state index contributed by atoms with van der Waals surface area (Å²) in [5, 5.41) is 2.50. The molecule has 0 fully saturated rings.